The van der Waals surface area contributed by atoms with Gasteiger partial charge in [-0.25, -0.2) is 0 Å². The van der Waals surface area contributed by atoms with Gasteiger partial charge < -0.3 is 10.1 Å². The van der Waals surface area contributed by atoms with Crippen molar-refractivity contribution in [3.05, 3.63) is 33.8 Å². The van der Waals surface area contributed by atoms with Crippen LogP contribution >= 0.6 is 23.2 Å². The SMILES string of the molecule is COCCC1(CNCc2cc(Cl)cc(Cl)c2)CC1. The smallest absolute Gasteiger partial charge is 0.0468 e. The third-order valence-electron chi connectivity index (χ3n) is 3.55. The number of rotatable bonds is 7. The van der Waals surface area contributed by atoms with Gasteiger partial charge in [-0.05, 0) is 48.4 Å². The molecule has 0 amide bonds. The molecule has 1 aromatic rings. The van der Waals surface area contributed by atoms with E-state index < -0.39 is 0 Å². The lowest BCUT2D eigenvalue weighted by atomic mass is 10.0. The average molecular weight is 288 g/mol. The van der Waals surface area contributed by atoms with Gasteiger partial charge in [-0.15, -0.1) is 0 Å². The van der Waals surface area contributed by atoms with E-state index in [2.05, 4.69) is 5.32 Å². The largest absolute Gasteiger partial charge is 0.385 e. The molecule has 18 heavy (non-hydrogen) atoms. The molecule has 0 aromatic heterocycles. The van der Waals surface area contributed by atoms with Gasteiger partial charge in [0, 0.05) is 36.9 Å². The fourth-order valence-corrected chi connectivity index (χ4v) is 2.77. The van der Waals surface area contributed by atoms with Crippen molar-refractivity contribution in [3.8, 4) is 0 Å². The first-order valence-corrected chi connectivity index (χ1v) is 7.04. The predicted octanol–water partition coefficient (Wildman–Crippen LogP) is 3.90. The van der Waals surface area contributed by atoms with Crippen LogP contribution in [0.4, 0.5) is 0 Å². The Kier molecular flexibility index (Phi) is 4.91. The minimum absolute atomic E-state index is 0.471. The van der Waals surface area contributed by atoms with Crippen molar-refractivity contribution in [1.29, 1.82) is 0 Å². The molecular weight excluding hydrogens is 269 g/mol. The standard InChI is InChI=1S/C14H19Cl2NO/c1-18-5-4-14(2-3-14)10-17-9-11-6-12(15)8-13(16)7-11/h6-8,17H,2-5,9-10H2,1H3. The first-order valence-electron chi connectivity index (χ1n) is 6.28. The second-order valence-corrected chi connectivity index (χ2v) is 6.00. The van der Waals surface area contributed by atoms with Gasteiger partial charge in [0.15, 0.2) is 0 Å². The summed E-state index contributed by atoms with van der Waals surface area (Å²) in [6.07, 6.45) is 3.76. The van der Waals surface area contributed by atoms with Gasteiger partial charge in [0.05, 0.1) is 0 Å². The molecule has 1 aliphatic carbocycles. The molecule has 0 atom stereocenters. The van der Waals surface area contributed by atoms with Crippen LogP contribution in [0.25, 0.3) is 0 Å². The van der Waals surface area contributed by atoms with Crippen LogP contribution in [0.15, 0.2) is 18.2 Å². The molecule has 1 aromatic carbocycles. The van der Waals surface area contributed by atoms with E-state index in [0.717, 1.165) is 31.7 Å². The highest BCUT2D eigenvalue weighted by atomic mass is 35.5. The van der Waals surface area contributed by atoms with E-state index in [0.29, 0.717) is 15.5 Å². The van der Waals surface area contributed by atoms with E-state index in [-0.39, 0.29) is 0 Å². The Morgan fingerprint density at radius 3 is 2.44 bits per heavy atom. The van der Waals surface area contributed by atoms with Crippen LogP contribution in [0.3, 0.4) is 0 Å². The lowest BCUT2D eigenvalue weighted by molar-refractivity contribution is 0.171. The van der Waals surface area contributed by atoms with Gasteiger partial charge in [0.25, 0.3) is 0 Å². The molecule has 2 nitrogen and oxygen atoms in total. The van der Waals surface area contributed by atoms with E-state index in [1.807, 2.05) is 12.1 Å². The molecule has 0 unspecified atom stereocenters. The van der Waals surface area contributed by atoms with Crippen molar-refractivity contribution < 1.29 is 4.74 Å². The summed E-state index contributed by atoms with van der Waals surface area (Å²) in [6.45, 7) is 2.71. The van der Waals surface area contributed by atoms with Crippen molar-refractivity contribution in [1.82, 2.24) is 5.32 Å². The number of hydrogen-bond acceptors (Lipinski definition) is 2. The number of nitrogens with one attached hydrogen (secondary N) is 1. The topological polar surface area (TPSA) is 21.3 Å². The van der Waals surface area contributed by atoms with Gasteiger partial charge in [-0.3, -0.25) is 0 Å². The Labute approximate surface area is 119 Å². The molecule has 0 saturated heterocycles. The van der Waals surface area contributed by atoms with Crippen LogP contribution in [-0.2, 0) is 11.3 Å². The number of hydrogen-bond donors (Lipinski definition) is 1. The van der Waals surface area contributed by atoms with E-state index >= 15 is 0 Å². The zero-order chi connectivity index (χ0) is 13.0. The molecule has 100 valence electrons. The molecule has 0 spiro atoms. The molecular formula is C14H19Cl2NO. The number of benzene rings is 1. The lowest BCUT2D eigenvalue weighted by Crippen LogP contribution is -2.24. The third-order valence-corrected chi connectivity index (χ3v) is 3.98. The van der Waals surface area contributed by atoms with E-state index in [4.69, 9.17) is 27.9 Å². The number of halogens is 2. The van der Waals surface area contributed by atoms with Gasteiger partial charge in [-0.1, -0.05) is 23.2 Å². The fraction of sp³-hybridized carbons (Fsp3) is 0.571. The number of ether oxygens (including phenoxy) is 1. The summed E-state index contributed by atoms with van der Waals surface area (Å²) < 4.78 is 5.15. The second kappa shape index (κ2) is 6.25. The Hall–Kier alpha value is -0.280. The minimum atomic E-state index is 0.471. The Morgan fingerprint density at radius 1 is 1.22 bits per heavy atom. The van der Waals surface area contributed by atoms with Crippen LogP contribution in [0, 0.1) is 5.41 Å². The van der Waals surface area contributed by atoms with Crippen LogP contribution in [-0.4, -0.2) is 20.3 Å². The van der Waals surface area contributed by atoms with E-state index in [9.17, 15) is 0 Å². The van der Waals surface area contributed by atoms with E-state index in [1.54, 1.807) is 13.2 Å². The molecule has 1 N–H and O–H groups in total. The molecule has 0 bridgehead atoms. The summed E-state index contributed by atoms with van der Waals surface area (Å²) in [7, 11) is 1.76. The van der Waals surface area contributed by atoms with Gasteiger partial charge >= 0.3 is 0 Å². The first kappa shape index (κ1) is 14.1. The second-order valence-electron chi connectivity index (χ2n) is 5.12. The molecule has 0 radical (unpaired) electrons. The van der Waals surface area contributed by atoms with Crippen molar-refractivity contribution >= 4 is 23.2 Å². The van der Waals surface area contributed by atoms with Gasteiger partial charge in [0.1, 0.15) is 0 Å². The molecule has 2 rings (SSSR count). The minimum Gasteiger partial charge on any atom is -0.385 e. The van der Waals surface area contributed by atoms with Crippen molar-refractivity contribution in [2.24, 2.45) is 5.41 Å². The Balaban J connectivity index is 1.78. The summed E-state index contributed by atoms with van der Waals surface area (Å²) >= 11 is 11.9. The molecule has 1 aliphatic rings. The third kappa shape index (κ3) is 4.13. The lowest BCUT2D eigenvalue weighted by Gasteiger charge is -2.15. The molecule has 1 saturated carbocycles. The van der Waals surface area contributed by atoms with Crippen molar-refractivity contribution in [2.45, 2.75) is 25.8 Å². The Bertz CT molecular complexity index is 385. The molecule has 0 heterocycles. The monoisotopic (exact) mass is 287 g/mol. The van der Waals surface area contributed by atoms with E-state index in [1.165, 1.54) is 12.8 Å². The maximum atomic E-state index is 5.97. The summed E-state index contributed by atoms with van der Waals surface area (Å²) in [4.78, 5) is 0. The molecule has 0 aliphatic heterocycles. The van der Waals surface area contributed by atoms with Crippen LogP contribution < -0.4 is 5.32 Å². The summed E-state index contributed by atoms with van der Waals surface area (Å²) in [5.74, 6) is 0. The zero-order valence-corrected chi connectivity index (χ0v) is 12.2. The molecule has 4 heteroatoms. The summed E-state index contributed by atoms with van der Waals surface area (Å²) in [6, 6.07) is 5.66. The highest BCUT2D eigenvalue weighted by Gasteiger charge is 2.41. The Morgan fingerprint density at radius 2 is 1.89 bits per heavy atom. The molecule has 1 fully saturated rings. The normalized spacial score (nSPS) is 16.8. The average Bonchev–Trinajstić information content (AvgIpc) is 3.06. The maximum Gasteiger partial charge on any atom is 0.0468 e. The van der Waals surface area contributed by atoms with Crippen molar-refractivity contribution in [3.63, 3.8) is 0 Å². The quantitative estimate of drug-likeness (QED) is 0.821. The maximum absolute atomic E-state index is 5.97. The summed E-state index contributed by atoms with van der Waals surface area (Å²) in [5, 5.41) is 4.88. The predicted molar refractivity (Wildman–Crippen MR) is 76.3 cm³/mol. The van der Waals surface area contributed by atoms with Crippen molar-refractivity contribution in [2.75, 3.05) is 20.3 Å². The van der Waals surface area contributed by atoms with Crippen LogP contribution in [0.2, 0.25) is 10.0 Å². The zero-order valence-electron chi connectivity index (χ0n) is 10.6. The number of methoxy groups -OCH3 is 1. The highest BCUT2D eigenvalue weighted by molar-refractivity contribution is 6.34. The van der Waals surface area contributed by atoms with Crippen LogP contribution in [0.1, 0.15) is 24.8 Å². The van der Waals surface area contributed by atoms with Crippen LogP contribution in [0.5, 0.6) is 0 Å². The first-order chi connectivity index (χ1) is 8.63. The highest BCUT2D eigenvalue weighted by Crippen LogP contribution is 2.48. The summed E-state index contributed by atoms with van der Waals surface area (Å²) in [5.41, 5.74) is 1.60. The fourth-order valence-electron chi connectivity index (χ4n) is 2.20. The van der Waals surface area contributed by atoms with Gasteiger partial charge in [0.2, 0.25) is 0 Å². The van der Waals surface area contributed by atoms with Gasteiger partial charge in [-0.2, -0.15) is 0 Å².